The monoisotopic (exact) mass is 295 g/mol. The number of hydrogen-bond donors (Lipinski definition) is 1. The predicted molar refractivity (Wildman–Crippen MR) is 79.8 cm³/mol. The number of esters is 1. The van der Waals surface area contributed by atoms with E-state index in [0.29, 0.717) is 0 Å². The fourth-order valence-electron chi connectivity index (χ4n) is 2.16. The molecule has 0 spiro atoms. The van der Waals surface area contributed by atoms with Crippen LogP contribution >= 0.6 is 0 Å². The van der Waals surface area contributed by atoms with Gasteiger partial charge in [0, 0.05) is 5.69 Å². The van der Waals surface area contributed by atoms with Gasteiger partial charge in [0.05, 0.1) is 12.8 Å². The second-order valence-corrected chi connectivity index (χ2v) is 6.38. The Morgan fingerprint density at radius 3 is 2.29 bits per heavy atom. The van der Waals surface area contributed by atoms with Gasteiger partial charge in [-0.05, 0) is 32.3 Å². The summed E-state index contributed by atoms with van der Waals surface area (Å²) in [5.41, 5.74) is 1.32. The Bertz CT molecular complexity index is 529. The van der Waals surface area contributed by atoms with Gasteiger partial charge in [-0.15, -0.1) is 0 Å². The van der Waals surface area contributed by atoms with E-state index in [2.05, 4.69) is 10.4 Å². The number of methoxy groups -OCH3 is 1. The number of amides is 1. The highest BCUT2D eigenvalue weighted by Gasteiger charge is 2.35. The average Bonchev–Trinajstić information content (AvgIpc) is 2.71. The molecule has 0 saturated heterocycles. The lowest BCUT2D eigenvalue weighted by Gasteiger charge is -2.30. The van der Waals surface area contributed by atoms with Gasteiger partial charge in [0.15, 0.2) is 0 Å². The van der Waals surface area contributed by atoms with Crippen molar-refractivity contribution in [2.24, 2.45) is 5.41 Å². The molecule has 21 heavy (non-hydrogen) atoms. The SMILES string of the molecule is COC(=O)[C@@H](NC(=O)[C@H](C)n1nc(C)cc1C)C(C)(C)C. The van der Waals surface area contributed by atoms with E-state index in [1.807, 2.05) is 40.7 Å². The van der Waals surface area contributed by atoms with Gasteiger partial charge in [0.1, 0.15) is 12.1 Å². The second-order valence-electron chi connectivity index (χ2n) is 6.38. The normalized spacial score (nSPS) is 14.4. The third kappa shape index (κ3) is 4.06. The van der Waals surface area contributed by atoms with Crippen molar-refractivity contribution in [3.05, 3.63) is 17.5 Å². The minimum absolute atomic E-state index is 0.258. The molecular weight excluding hydrogens is 270 g/mol. The lowest BCUT2D eigenvalue weighted by Crippen LogP contribution is -2.51. The van der Waals surface area contributed by atoms with E-state index in [9.17, 15) is 9.59 Å². The number of carbonyl (C=O) groups is 2. The van der Waals surface area contributed by atoms with E-state index in [1.165, 1.54) is 7.11 Å². The van der Waals surface area contributed by atoms with E-state index in [4.69, 9.17) is 4.74 Å². The van der Waals surface area contributed by atoms with Gasteiger partial charge in [-0.3, -0.25) is 9.48 Å². The molecule has 1 heterocycles. The van der Waals surface area contributed by atoms with Crippen LogP contribution in [0.15, 0.2) is 6.07 Å². The van der Waals surface area contributed by atoms with Crippen molar-refractivity contribution >= 4 is 11.9 Å². The Kier molecular flexibility index (Phi) is 5.15. The van der Waals surface area contributed by atoms with Gasteiger partial charge in [-0.2, -0.15) is 5.10 Å². The number of ether oxygens (including phenoxy) is 1. The van der Waals surface area contributed by atoms with E-state index in [0.717, 1.165) is 11.4 Å². The summed E-state index contributed by atoms with van der Waals surface area (Å²) in [7, 11) is 1.32. The van der Waals surface area contributed by atoms with Crippen LogP contribution in [0.5, 0.6) is 0 Å². The number of hydrogen-bond acceptors (Lipinski definition) is 4. The Balaban J connectivity index is 2.92. The van der Waals surface area contributed by atoms with E-state index < -0.39 is 23.5 Å². The van der Waals surface area contributed by atoms with Crippen LogP contribution < -0.4 is 5.32 Å². The quantitative estimate of drug-likeness (QED) is 0.859. The smallest absolute Gasteiger partial charge is 0.328 e. The molecule has 0 bridgehead atoms. The molecule has 0 saturated carbocycles. The Morgan fingerprint density at radius 1 is 1.33 bits per heavy atom. The topological polar surface area (TPSA) is 73.2 Å². The first kappa shape index (κ1) is 17.2. The second kappa shape index (κ2) is 6.28. The first-order valence-corrected chi connectivity index (χ1v) is 6.99. The summed E-state index contributed by atoms with van der Waals surface area (Å²) in [6.07, 6.45) is 0. The van der Waals surface area contributed by atoms with E-state index in [-0.39, 0.29) is 5.91 Å². The molecule has 1 rings (SSSR count). The first-order valence-electron chi connectivity index (χ1n) is 6.99. The standard InChI is InChI=1S/C15H25N3O3/c1-9-8-10(2)18(17-9)11(3)13(19)16-12(14(20)21-7)15(4,5)6/h8,11-12H,1-7H3,(H,16,19)/t11-,12+/m0/s1. The van der Waals surface area contributed by atoms with Crippen LogP contribution in [0.2, 0.25) is 0 Å². The highest BCUT2D eigenvalue weighted by molar-refractivity contribution is 5.86. The number of aryl methyl sites for hydroxylation is 2. The molecule has 1 amide bonds. The van der Waals surface area contributed by atoms with E-state index in [1.54, 1.807) is 11.6 Å². The zero-order chi connectivity index (χ0) is 16.4. The molecule has 0 aromatic carbocycles. The first-order chi connectivity index (χ1) is 9.57. The maximum Gasteiger partial charge on any atom is 0.328 e. The molecule has 118 valence electrons. The largest absolute Gasteiger partial charge is 0.467 e. The summed E-state index contributed by atoms with van der Waals surface area (Å²) in [5.74, 6) is -0.706. The number of rotatable bonds is 4. The van der Waals surface area contributed by atoms with Gasteiger partial charge in [0.2, 0.25) is 5.91 Å². The van der Waals surface area contributed by atoms with Crippen molar-refractivity contribution in [2.75, 3.05) is 7.11 Å². The average molecular weight is 295 g/mol. The molecule has 0 fully saturated rings. The molecule has 0 aliphatic heterocycles. The maximum absolute atomic E-state index is 12.4. The maximum atomic E-state index is 12.4. The third-order valence-corrected chi connectivity index (χ3v) is 3.38. The van der Waals surface area contributed by atoms with Crippen molar-refractivity contribution in [3.63, 3.8) is 0 Å². The third-order valence-electron chi connectivity index (χ3n) is 3.38. The van der Waals surface area contributed by atoms with Crippen molar-refractivity contribution in [3.8, 4) is 0 Å². The molecule has 1 N–H and O–H groups in total. The van der Waals surface area contributed by atoms with Gasteiger partial charge in [-0.1, -0.05) is 20.8 Å². The van der Waals surface area contributed by atoms with Crippen LogP contribution in [0.3, 0.4) is 0 Å². The number of nitrogens with zero attached hydrogens (tertiary/aromatic N) is 2. The van der Waals surface area contributed by atoms with Crippen LogP contribution in [0.25, 0.3) is 0 Å². The summed E-state index contributed by atoms with van der Waals surface area (Å²) in [4.78, 5) is 24.3. The van der Waals surface area contributed by atoms with Crippen LogP contribution in [-0.4, -0.2) is 34.8 Å². The van der Waals surface area contributed by atoms with Crippen molar-refractivity contribution in [1.29, 1.82) is 0 Å². The summed E-state index contributed by atoms with van der Waals surface area (Å²) in [6, 6.07) is 0.716. The van der Waals surface area contributed by atoms with Crippen LogP contribution in [-0.2, 0) is 14.3 Å². The molecule has 2 atom stereocenters. The summed E-state index contributed by atoms with van der Waals surface area (Å²) in [5, 5.41) is 7.07. The van der Waals surface area contributed by atoms with Crippen molar-refractivity contribution in [1.82, 2.24) is 15.1 Å². The van der Waals surface area contributed by atoms with Crippen molar-refractivity contribution in [2.45, 2.75) is 53.6 Å². The zero-order valence-corrected chi connectivity index (χ0v) is 13.9. The molecule has 0 aliphatic carbocycles. The van der Waals surface area contributed by atoms with Gasteiger partial charge >= 0.3 is 5.97 Å². The number of nitrogens with one attached hydrogen (secondary N) is 1. The zero-order valence-electron chi connectivity index (χ0n) is 13.9. The molecule has 1 aromatic rings. The molecular formula is C15H25N3O3. The molecule has 1 aromatic heterocycles. The van der Waals surface area contributed by atoms with E-state index >= 15 is 0 Å². The lowest BCUT2D eigenvalue weighted by atomic mass is 9.86. The lowest BCUT2D eigenvalue weighted by molar-refractivity contribution is -0.148. The van der Waals surface area contributed by atoms with Crippen LogP contribution in [0.1, 0.15) is 45.1 Å². The summed E-state index contributed by atoms with van der Waals surface area (Å²) < 4.78 is 6.43. The number of aromatic nitrogens is 2. The summed E-state index contributed by atoms with van der Waals surface area (Å²) in [6.45, 7) is 11.2. The van der Waals surface area contributed by atoms with Gasteiger partial charge in [-0.25, -0.2) is 4.79 Å². The van der Waals surface area contributed by atoms with Gasteiger partial charge in [0.25, 0.3) is 0 Å². The highest BCUT2D eigenvalue weighted by atomic mass is 16.5. The minimum atomic E-state index is -0.700. The molecule has 6 heteroatoms. The molecule has 0 unspecified atom stereocenters. The minimum Gasteiger partial charge on any atom is -0.467 e. The van der Waals surface area contributed by atoms with Crippen LogP contribution in [0.4, 0.5) is 0 Å². The highest BCUT2D eigenvalue weighted by Crippen LogP contribution is 2.21. The Labute approximate surface area is 125 Å². The van der Waals surface area contributed by atoms with Gasteiger partial charge < -0.3 is 10.1 Å². The van der Waals surface area contributed by atoms with Crippen LogP contribution in [0, 0.1) is 19.3 Å². The predicted octanol–water partition coefficient (Wildman–Crippen LogP) is 1.76. The molecule has 0 radical (unpaired) electrons. The molecule has 6 nitrogen and oxygen atoms in total. The Hall–Kier alpha value is -1.85. The fraction of sp³-hybridized carbons (Fsp3) is 0.667. The fourth-order valence-corrected chi connectivity index (χ4v) is 2.16. The van der Waals surface area contributed by atoms with Crippen molar-refractivity contribution < 1.29 is 14.3 Å². The summed E-state index contributed by atoms with van der Waals surface area (Å²) >= 11 is 0. The number of carbonyl (C=O) groups excluding carboxylic acids is 2. The molecule has 0 aliphatic rings. The Morgan fingerprint density at radius 2 is 1.90 bits per heavy atom.